The monoisotopic (exact) mass is 652 g/mol. The van der Waals surface area contributed by atoms with Crippen LogP contribution in [-0.4, -0.2) is 0 Å². The Morgan fingerprint density at radius 3 is 1.76 bits per heavy atom. The van der Waals surface area contributed by atoms with Gasteiger partial charge in [-0.3, -0.25) is 0 Å². The molecule has 10 rings (SSSR count). The molecule has 0 atom stereocenters. The Morgan fingerprint density at radius 1 is 0.431 bits per heavy atom. The van der Waals surface area contributed by atoms with E-state index >= 15 is 0 Å². The molecular formula is C50H36O. The molecule has 9 aromatic rings. The topological polar surface area (TPSA) is 13.1 Å². The Bertz CT molecular complexity index is 2720. The molecule has 0 saturated carbocycles. The number of para-hydroxylation sites is 1. The molecule has 0 saturated heterocycles. The van der Waals surface area contributed by atoms with Crippen molar-refractivity contribution in [1.82, 2.24) is 0 Å². The largest absolute Gasteiger partial charge is 0.456 e. The minimum absolute atomic E-state index is 0.174. The molecular weight excluding hydrogens is 617 g/mol. The van der Waals surface area contributed by atoms with E-state index in [-0.39, 0.29) is 5.41 Å². The van der Waals surface area contributed by atoms with E-state index in [4.69, 9.17) is 4.42 Å². The second-order valence-electron chi connectivity index (χ2n) is 14.5. The van der Waals surface area contributed by atoms with Crippen molar-refractivity contribution in [3.63, 3.8) is 0 Å². The molecule has 0 aliphatic heterocycles. The van der Waals surface area contributed by atoms with Gasteiger partial charge < -0.3 is 4.42 Å². The van der Waals surface area contributed by atoms with E-state index in [0.717, 1.165) is 17.6 Å². The molecule has 1 aliphatic carbocycles. The van der Waals surface area contributed by atoms with Crippen molar-refractivity contribution in [2.45, 2.75) is 25.7 Å². The molecule has 1 nitrogen and oxygen atoms in total. The van der Waals surface area contributed by atoms with Crippen LogP contribution in [0, 0.1) is 0 Å². The lowest BCUT2D eigenvalue weighted by Gasteiger charge is -2.24. The molecule has 0 radical (unpaired) electrons. The minimum Gasteiger partial charge on any atom is -0.456 e. The highest BCUT2D eigenvalue weighted by molar-refractivity contribution is 6.10. The third-order valence-electron chi connectivity index (χ3n) is 11.1. The summed E-state index contributed by atoms with van der Waals surface area (Å²) in [5, 5.41) is 5.00. The maximum atomic E-state index is 6.23. The summed E-state index contributed by atoms with van der Waals surface area (Å²) < 4.78 is 6.23. The zero-order valence-corrected chi connectivity index (χ0v) is 28.8. The molecule has 0 bridgehead atoms. The standard InChI is InChI=1S/C50H36O/c1-50(2)44-27-32(26-35-18-13-23-47-48(35)42-21-11-12-22-46(42)51-47)24-25-41(44)49-40-20-10-9-19-39(40)43(31-45(49)50)38-29-36(33-14-5-3-6-15-33)28-37(30-38)34-16-7-4-8-17-34/h3-25,27-31H,26H2,1-2H3. The molecule has 1 aliphatic rings. The maximum absolute atomic E-state index is 6.23. The number of furan rings is 1. The number of hydrogen-bond donors (Lipinski definition) is 0. The van der Waals surface area contributed by atoms with Crippen molar-refractivity contribution >= 4 is 32.7 Å². The van der Waals surface area contributed by atoms with E-state index < -0.39 is 0 Å². The van der Waals surface area contributed by atoms with E-state index in [9.17, 15) is 0 Å². The van der Waals surface area contributed by atoms with Crippen LogP contribution in [0.4, 0.5) is 0 Å². The Labute approximate surface area is 298 Å². The van der Waals surface area contributed by atoms with Gasteiger partial charge in [0.25, 0.3) is 0 Å². The molecule has 1 heterocycles. The number of fused-ring (bicyclic) bond motifs is 8. The van der Waals surface area contributed by atoms with Crippen molar-refractivity contribution in [1.29, 1.82) is 0 Å². The van der Waals surface area contributed by atoms with Crippen LogP contribution in [0.25, 0.3) is 77.2 Å². The van der Waals surface area contributed by atoms with Crippen molar-refractivity contribution in [3.05, 3.63) is 192 Å². The van der Waals surface area contributed by atoms with Crippen LogP contribution < -0.4 is 0 Å². The molecule has 51 heavy (non-hydrogen) atoms. The summed E-state index contributed by atoms with van der Waals surface area (Å²) in [5.74, 6) is 0. The maximum Gasteiger partial charge on any atom is 0.135 e. The zero-order valence-electron chi connectivity index (χ0n) is 28.8. The van der Waals surface area contributed by atoms with E-state index in [2.05, 4.69) is 178 Å². The van der Waals surface area contributed by atoms with Gasteiger partial charge in [0.2, 0.25) is 0 Å². The fourth-order valence-corrected chi connectivity index (χ4v) is 8.57. The molecule has 1 heteroatoms. The molecule has 1 aromatic heterocycles. The highest BCUT2D eigenvalue weighted by Crippen LogP contribution is 2.54. The highest BCUT2D eigenvalue weighted by Gasteiger charge is 2.37. The third kappa shape index (κ3) is 4.77. The van der Waals surface area contributed by atoms with Crippen molar-refractivity contribution < 1.29 is 4.42 Å². The van der Waals surface area contributed by atoms with Crippen LogP contribution in [0.2, 0.25) is 0 Å². The van der Waals surface area contributed by atoms with E-state index in [1.165, 1.54) is 88.3 Å². The van der Waals surface area contributed by atoms with Gasteiger partial charge in [-0.2, -0.15) is 0 Å². The molecule has 0 amide bonds. The summed E-state index contributed by atoms with van der Waals surface area (Å²) in [7, 11) is 0. The summed E-state index contributed by atoms with van der Waals surface area (Å²) in [4.78, 5) is 0. The first-order valence-electron chi connectivity index (χ1n) is 17.9. The molecule has 0 unspecified atom stereocenters. The SMILES string of the molecule is CC1(C)c2cc(Cc3cccc4oc5ccccc5c34)ccc2-c2c1cc(-c1cc(-c3ccccc3)cc(-c3ccccc3)c1)c1ccccc21. The van der Waals surface area contributed by atoms with Crippen LogP contribution in [0.1, 0.15) is 36.1 Å². The minimum atomic E-state index is -0.174. The average molecular weight is 653 g/mol. The van der Waals surface area contributed by atoms with E-state index in [1.807, 2.05) is 6.07 Å². The molecule has 8 aromatic carbocycles. The second-order valence-corrected chi connectivity index (χ2v) is 14.5. The second kappa shape index (κ2) is 11.4. The lowest BCUT2D eigenvalue weighted by Crippen LogP contribution is -2.15. The van der Waals surface area contributed by atoms with Gasteiger partial charge in [-0.15, -0.1) is 0 Å². The van der Waals surface area contributed by atoms with E-state index in [1.54, 1.807) is 0 Å². The lowest BCUT2D eigenvalue weighted by molar-refractivity contribution is 0.660. The predicted molar refractivity (Wildman–Crippen MR) is 214 cm³/mol. The van der Waals surface area contributed by atoms with Gasteiger partial charge in [0.1, 0.15) is 11.2 Å². The molecule has 0 N–H and O–H groups in total. The smallest absolute Gasteiger partial charge is 0.135 e. The van der Waals surface area contributed by atoms with Crippen LogP contribution in [0.5, 0.6) is 0 Å². The zero-order chi connectivity index (χ0) is 34.1. The lowest BCUT2D eigenvalue weighted by atomic mass is 9.79. The average Bonchev–Trinajstić information content (AvgIpc) is 3.67. The fraction of sp³-hybridized carbons (Fsp3) is 0.0800. The summed E-state index contributed by atoms with van der Waals surface area (Å²) in [6, 6.07) is 62.1. The quantitative estimate of drug-likeness (QED) is 0.180. The predicted octanol–water partition coefficient (Wildman–Crippen LogP) is 13.6. The van der Waals surface area contributed by atoms with Gasteiger partial charge >= 0.3 is 0 Å². The van der Waals surface area contributed by atoms with Gasteiger partial charge in [0, 0.05) is 16.2 Å². The van der Waals surface area contributed by atoms with Gasteiger partial charge in [-0.1, -0.05) is 147 Å². The fourth-order valence-electron chi connectivity index (χ4n) is 8.57. The van der Waals surface area contributed by atoms with Gasteiger partial charge in [0.05, 0.1) is 0 Å². The molecule has 242 valence electrons. The Kier molecular flexibility index (Phi) is 6.66. The third-order valence-corrected chi connectivity index (χ3v) is 11.1. The number of rotatable bonds is 5. The molecule has 0 fully saturated rings. The Hall–Kier alpha value is -6.18. The van der Waals surface area contributed by atoms with Crippen molar-refractivity contribution in [2.24, 2.45) is 0 Å². The van der Waals surface area contributed by atoms with Crippen LogP contribution in [-0.2, 0) is 11.8 Å². The summed E-state index contributed by atoms with van der Waals surface area (Å²) >= 11 is 0. The van der Waals surface area contributed by atoms with Crippen molar-refractivity contribution in [3.8, 4) is 44.5 Å². The summed E-state index contributed by atoms with van der Waals surface area (Å²) in [6.45, 7) is 4.81. The van der Waals surface area contributed by atoms with E-state index in [0.29, 0.717) is 0 Å². The van der Waals surface area contributed by atoms with Crippen LogP contribution in [0.15, 0.2) is 174 Å². The number of benzene rings is 8. The normalized spacial score (nSPS) is 13.1. The highest BCUT2D eigenvalue weighted by atomic mass is 16.3. The van der Waals surface area contributed by atoms with Crippen LogP contribution in [0.3, 0.4) is 0 Å². The first kappa shape index (κ1) is 29.7. The summed E-state index contributed by atoms with van der Waals surface area (Å²) in [5.41, 5.74) is 17.2. The Morgan fingerprint density at radius 2 is 1.04 bits per heavy atom. The van der Waals surface area contributed by atoms with Gasteiger partial charge in [0.15, 0.2) is 0 Å². The number of hydrogen-bond acceptors (Lipinski definition) is 1. The molecule has 0 spiro atoms. The summed E-state index contributed by atoms with van der Waals surface area (Å²) in [6.07, 6.45) is 0.848. The first-order valence-corrected chi connectivity index (χ1v) is 17.9. The van der Waals surface area contributed by atoms with Crippen molar-refractivity contribution in [2.75, 3.05) is 0 Å². The Balaban J connectivity index is 1.13. The van der Waals surface area contributed by atoms with Gasteiger partial charge in [-0.25, -0.2) is 0 Å². The van der Waals surface area contributed by atoms with Gasteiger partial charge in [-0.05, 0) is 120 Å². The van der Waals surface area contributed by atoms with Crippen LogP contribution >= 0.6 is 0 Å². The first-order chi connectivity index (χ1) is 25.0.